The van der Waals surface area contributed by atoms with Crippen LogP contribution in [0.2, 0.25) is 0 Å². The molecule has 1 saturated heterocycles. The van der Waals surface area contributed by atoms with E-state index in [1.54, 1.807) is 7.11 Å². The molecule has 0 aromatic carbocycles. The maximum absolute atomic E-state index is 7.78. The van der Waals surface area contributed by atoms with Crippen molar-refractivity contribution in [1.82, 2.24) is 4.90 Å². The van der Waals surface area contributed by atoms with Crippen LogP contribution in [0.4, 0.5) is 0 Å². The predicted molar refractivity (Wildman–Crippen MR) is 55.8 cm³/mol. The quantitative estimate of drug-likeness (QED) is 0.397. The third kappa shape index (κ3) is 4.07. The van der Waals surface area contributed by atoms with E-state index in [9.17, 15) is 0 Å². The van der Waals surface area contributed by atoms with E-state index in [2.05, 4.69) is 4.90 Å². The molecular formula is C10H20N2O2. The van der Waals surface area contributed by atoms with Crippen molar-refractivity contribution in [2.45, 2.75) is 19.3 Å². The van der Waals surface area contributed by atoms with E-state index in [4.69, 9.17) is 14.9 Å². The molecule has 0 unspecified atom stereocenters. The largest absolute Gasteiger partial charge is 0.382 e. The van der Waals surface area contributed by atoms with Crippen LogP contribution in [0.5, 0.6) is 0 Å². The molecule has 4 heteroatoms. The maximum Gasteiger partial charge on any atom is 0.0980 e. The van der Waals surface area contributed by atoms with E-state index in [1.165, 1.54) is 12.8 Å². The molecule has 82 valence electrons. The summed E-state index contributed by atoms with van der Waals surface area (Å²) in [4.78, 5) is 2.14. The van der Waals surface area contributed by atoms with Gasteiger partial charge in [-0.25, -0.2) is 0 Å². The van der Waals surface area contributed by atoms with Crippen LogP contribution >= 0.6 is 0 Å². The topological polar surface area (TPSA) is 45.6 Å². The van der Waals surface area contributed by atoms with Crippen molar-refractivity contribution in [2.24, 2.45) is 0 Å². The minimum atomic E-state index is 0.629. The van der Waals surface area contributed by atoms with Crippen molar-refractivity contribution in [1.29, 1.82) is 5.41 Å². The van der Waals surface area contributed by atoms with Gasteiger partial charge in [-0.15, -0.1) is 0 Å². The lowest BCUT2D eigenvalue weighted by Gasteiger charge is -2.18. The highest BCUT2D eigenvalue weighted by Crippen LogP contribution is 2.08. The van der Waals surface area contributed by atoms with Crippen LogP contribution in [-0.2, 0) is 9.47 Å². The molecule has 4 nitrogen and oxygen atoms in total. The van der Waals surface area contributed by atoms with Crippen molar-refractivity contribution < 1.29 is 9.47 Å². The Balaban J connectivity index is 1.97. The standard InChI is InChI=1S/C10H20N2O2/c1-13-8-9-14-7-4-10(11)12-5-2-3-6-12/h11H,2-9H2,1H3. The fraction of sp³-hybridized carbons (Fsp3) is 0.900. The molecule has 0 aromatic heterocycles. The molecule has 14 heavy (non-hydrogen) atoms. The van der Waals surface area contributed by atoms with Crippen LogP contribution in [-0.4, -0.2) is 50.8 Å². The first-order valence-corrected chi connectivity index (χ1v) is 5.23. The number of likely N-dealkylation sites (tertiary alicyclic amines) is 1. The van der Waals surface area contributed by atoms with Gasteiger partial charge in [0.25, 0.3) is 0 Å². The molecule has 1 N–H and O–H groups in total. The Kier molecular flexibility index (Phi) is 5.56. The summed E-state index contributed by atoms with van der Waals surface area (Å²) in [6.07, 6.45) is 3.18. The number of hydrogen-bond donors (Lipinski definition) is 1. The molecule has 0 bridgehead atoms. The van der Waals surface area contributed by atoms with Crippen LogP contribution < -0.4 is 0 Å². The monoisotopic (exact) mass is 200 g/mol. The van der Waals surface area contributed by atoms with Gasteiger partial charge in [0.15, 0.2) is 0 Å². The van der Waals surface area contributed by atoms with Crippen LogP contribution in [0.1, 0.15) is 19.3 Å². The lowest BCUT2D eigenvalue weighted by Crippen LogP contribution is -2.27. The average molecular weight is 200 g/mol. The van der Waals surface area contributed by atoms with Gasteiger partial charge in [-0.3, -0.25) is 5.41 Å². The predicted octanol–water partition coefficient (Wildman–Crippen LogP) is 1.11. The third-order valence-corrected chi connectivity index (χ3v) is 2.40. The second-order valence-corrected chi connectivity index (χ2v) is 3.50. The van der Waals surface area contributed by atoms with Crippen molar-refractivity contribution in [3.63, 3.8) is 0 Å². The highest BCUT2D eigenvalue weighted by atomic mass is 16.5. The minimum absolute atomic E-state index is 0.629. The zero-order valence-electron chi connectivity index (χ0n) is 8.92. The molecule has 0 radical (unpaired) electrons. The molecule has 0 spiro atoms. The first-order chi connectivity index (χ1) is 6.84. The fourth-order valence-electron chi connectivity index (χ4n) is 1.56. The second-order valence-electron chi connectivity index (χ2n) is 3.50. The molecule has 0 saturated carbocycles. The smallest absolute Gasteiger partial charge is 0.0980 e. The maximum atomic E-state index is 7.78. The average Bonchev–Trinajstić information content (AvgIpc) is 2.70. The normalized spacial score (nSPS) is 16.2. The van der Waals surface area contributed by atoms with Crippen LogP contribution in [0.15, 0.2) is 0 Å². The summed E-state index contributed by atoms with van der Waals surface area (Å²) in [7, 11) is 1.66. The number of hydrogen-bond acceptors (Lipinski definition) is 3. The van der Waals surface area contributed by atoms with E-state index in [1.807, 2.05) is 0 Å². The first-order valence-electron chi connectivity index (χ1n) is 5.23. The highest BCUT2D eigenvalue weighted by Gasteiger charge is 2.13. The van der Waals surface area contributed by atoms with Crippen molar-refractivity contribution in [3.8, 4) is 0 Å². The van der Waals surface area contributed by atoms with Crippen LogP contribution in [0, 0.1) is 5.41 Å². The first kappa shape index (κ1) is 11.5. The summed E-state index contributed by atoms with van der Waals surface area (Å²) >= 11 is 0. The summed E-state index contributed by atoms with van der Waals surface area (Å²) in [5.74, 6) is 0.722. The van der Waals surface area contributed by atoms with E-state index in [0.717, 1.165) is 25.3 Å². The van der Waals surface area contributed by atoms with E-state index < -0.39 is 0 Å². The van der Waals surface area contributed by atoms with Gasteiger partial charge < -0.3 is 14.4 Å². The molecule has 1 aliphatic heterocycles. The summed E-state index contributed by atoms with van der Waals surface area (Å²) in [5, 5.41) is 7.78. The second kappa shape index (κ2) is 6.79. The van der Waals surface area contributed by atoms with Gasteiger partial charge in [0, 0.05) is 26.6 Å². The minimum Gasteiger partial charge on any atom is -0.382 e. The zero-order chi connectivity index (χ0) is 10.2. The van der Waals surface area contributed by atoms with E-state index in [-0.39, 0.29) is 0 Å². The molecule has 1 rings (SSSR count). The Hall–Kier alpha value is -0.610. The molecule has 1 heterocycles. The van der Waals surface area contributed by atoms with Crippen LogP contribution in [0.3, 0.4) is 0 Å². The number of nitrogens with zero attached hydrogens (tertiary/aromatic N) is 1. The number of rotatable bonds is 6. The SMILES string of the molecule is COCCOCCC(=N)N1CCCC1. The number of amidine groups is 1. The zero-order valence-corrected chi connectivity index (χ0v) is 8.92. The Morgan fingerprint density at radius 1 is 1.21 bits per heavy atom. The molecule has 1 aliphatic rings. The van der Waals surface area contributed by atoms with Crippen LogP contribution in [0.25, 0.3) is 0 Å². The molecule has 0 amide bonds. The van der Waals surface area contributed by atoms with Gasteiger partial charge in [0.1, 0.15) is 0 Å². The Morgan fingerprint density at radius 2 is 1.93 bits per heavy atom. The number of ether oxygens (including phenoxy) is 2. The summed E-state index contributed by atoms with van der Waals surface area (Å²) in [6.45, 7) is 4.01. The summed E-state index contributed by atoms with van der Waals surface area (Å²) < 4.78 is 10.2. The lowest BCUT2D eigenvalue weighted by molar-refractivity contribution is 0.0735. The Morgan fingerprint density at radius 3 is 2.57 bits per heavy atom. The Labute approximate surface area is 85.7 Å². The highest BCUT2D eigenvalue weighted by molar-refractivity contribution is 5.79. The van der Waals surface area contributed by atoms with Crippen molar-refractivity contribution >= 4 is 5.84 Å². The molecule has 0 atom stereocenters. The molecular weight excluding hydrogens is 180 g/mol. The summed E-state index contributed by atoms with van der Waals surface area (Å²) in [5.41, 5.74) is 0. The van der Waals surface area contributed by atoms with E-state index >= 15 is 0 Å². The van der Waals surface area contributed by atoms with Gasteiger partial charge in [-0.2, -0.15) is 0 Å². The molecule has 0 aliphatic carbocycles. The van der Waals surface area contributed by atoms with Gasteiger partial charge in [-0.05, 0) is 12.8 Å². The van der Waals surface area contributed by atoms with Gasteiger partial charge in [0.2, 0.25) is 0 Å². The van der Waals surface area contributed by atoms with E-state index in [0.29, 0.717) is 19.8 Å². The molecule has 1 fully saturated rings. The van der Waals surface area contributed by atoms with Gasteiger partial charge >= 0.3 is 0 Å². The fourth-order valence-corrected chi connectivity index (χ4v) is 1.56. The van der Waals surface area contributed by atoms with Gasteiger partial charge in [-0.1, -0.05) is 0 Å². The van der Waals surface area contributed by atoms with Gasteiger partial charge in [0.05, 0.1) is 25.7 Å². The van der Waals surface area contributed by atoms with Crippen molar-refractivity contribution in [3.05, 3.63) is 0 Å². The van der Waals surface area contributed by atoms with Crippen molar-refractivity contribution in [2.75, 3.05) is 40.0 Å². The summed E-state index contributed by atoms with van der Waals surface area (Å²) in [6, 6.07) is 0. The number of methoxy groups -OCH3 is 1. The Bertz CT molecular complexity index is 168. The number of nitrogens with one attached hydrogen (secondary N) is 1. The molecule has 0 aromatic rings. The lowest BCUT2D eigenvalue weighted by atomic mass is 10.4. The third-order valence-electron chi connectivity index (χ3n) is 2.40.